The molecule has 0 aliphatic carbocycles. The summed E-state index contributed by atoms with van der Waals surface area (Å²) in [4.78, 5) is 15.9. The summed E-state index contributed by atoms with van der Waals surface area (Å²) >= 11 is 0. The van der Waals surface area contributed by atoms with Crippen molar-refractivity contribution >= 4 is 12.0 Å². The normalized spacial score (nSPS) is 10.8. The van der Waals surface area contributed by atoms with Gasteiger partial charge in [0.2, 0.25) is 0 Å². The van der Waals surface area contributed by atoms with Gasteiger partial charge < -0.3 is 5.32 Å². The molecular formula is C17H15N3O. The minimum absolute atomic E-state index is 0.0923. The van der Waals surface area contributed by atoms with Crippen LogP contribution in [0.4, 0.5) is 0 Å². The molecule has 0 saturated carbocycles. The van der Waals surface area contributed by atoms with E-state index in [1.807, 2.05) is 49.4 Å². The first-order valence-corrected chi connectivity index (χ1v) is 6.54. The lowest BCUT2D eigenvalue weighted by atomic mass is 10.1. The van der Waals surface area contributed by atoms with Gasteiger partial charge in [-0.25, -0.2) is 0 Å². The number of carbonyl (C=O) groups is 1. The van der Waals surface area contributed by atoms with Gasteiger partial charge in [-0.2, -0.15) is 5.26 Å². The molecule has 1 aromatic heterocycles. The van der Waals surface area contributed by atoms with Crippen molar-refractivity contribution in [1.29, 1.82) is 5.26 Å². The van der Waals surface area contributed by atoms with Crippen molar-refractivity contribution < 1.29 is 4.79 Å². The van der Waals surface area contributed by atoms with Crippen LogP contribution in [-0.4, -0.2) is 10.9 Å². The number of hydrogen-bond acceptors (Lipinski definition) is 3. The largest absolute Gasteiger partial charge is 0.347 e. The lowest BCUT2D eigenvalue weighted by molar-refractivity contribution is -0.117. The molecular weight excluding hydrogens is 262 g/mol. The van der Waals surface area contributed by atoms with E-state index in [1.165, 1.54) is 0 Å². The summed E-state index contributed by atoms with van der Waals surface area (Å²) < 4.78 is 0. The van der Waals surface area contributed by atoms with E-state index in [0.29, 0.717) is 6.54 Å². The first-order chi connectivity index (χ1) is 10.2. The molecule has 0 aliphatic rings. The fourth-order valence-corrected chi connectivity index (χ4v) is 1.85. The van der Waals surface area contributed by atoms with Crippen molar-refractivity contribution in [3.63, 3.8) is 0 Å². The summed E-state index contributed by atoms with van der Waals surface area (Å²) in [5.41, 5.74) is 2.95. The molecule has 2 aromatic rings. The third-order valence-corrected chi connectivity index (χ3v) is 2.92. The zero-order valence-electron chi connectivity index (χ0n) is 11.7. The molecule has 0 spiro atoms. The molecule has 0 fully saturated rings. The van der Waals surface area contributed by atoms with Crippen LogP contribution in [0.3, 0.4) is 0 Å². The Labute approximate surface area is 123 Å². The number of benzene rings is 1. The van der Waals surface area contributed by atoms with Crippen LogP contribution in [0.15, 0.2) is 54.4 Å². The number of aryl methyl sites for hydroxylation is 1. The van der Waals surface area contributed by atoms with E-state index < -0.39 is 0 Å². The van der Waals surface area contributed by atoms with Crippen molar-refractivity contribution in [2.75, 3.05) is 0 Å². The Hall–Kier alpha value is -2.93. The smallest absolute Gasteiger partial charge is 0.262 e. The molecule has 1 amide bonds. The van der Waals surface area contributed by atoms with Crippen LogP contribution in [0.5, 0.6) is 0 Å². The average Bonchev–Trinajstić information content (AvgIpc) is 2.51. The molecule has 0 saturated heterocycles. The van der Waals surface area contributed by atoms with Crippen LogP contribution in [-0.2, 0) is 11.3 Å². The number of rotatable bonds is 4. The van der Waals surface area contributed by atoms with E-state index in [-0.39, 0.29) is 11.5 Å². The lowest BCUT2D eigenvalue weighted by Crippen LogP contribution is -2.23. The number of nitriles is 1. The fourth-order valence-electron chi connectivity index (χ4n) is 1.85. The number of hydrogen-bond donors (Lipinski definition) is 1. The predicted molar refractivity (Wildman–Crippen MR) is 80.9 cm³/mol. The molecule has 0 aliphatic heterocycles. The van der Waals surface area contributed by atoms with Crippen LogP contribution in [0, 0.1) is 18.3 Å². The molecule has 4 nitrogen and oxygen atoms in total. The van der Waals surface area contributed by atoms with Gasteiger partial charge in [0.05, 0.1) is 0 Å². The number of nitrogens with one attached hydrogen (secondary N) is 1. The quantitative estimate of drug-likeness (QED) is 0.690. The monoisotopic (exact) mass is 277 g/mol. The highest BCUT2D eigenvalue weighted by Gasteiger charge is 2.08. The third kappa shape index (κ3) is 4.29. The molecule has 2 rings (SSSR count). The van der Waals surface area contributed by atoms with E-state index in [9.17, 15) is 4.79 Å². The topological polar surface area (TPSA) is 65.8 Å². The third-order valence-electron chi connectivity index (χ3n) is 2.92. The summed E-state index contributed by atoms with van der Waals surface area (Å²) in [7, 11) is 0. The summed E-state index contributed by atoms with van der Waals surface area (Å²) in [6.45, 7) is 2.33. The summed E-state index contributed by atoms with van der Waals surface area (Å²) in [6, 6.07) is 13.2. The van der Waals surface area contributed by atoms with Crippen molar-refractivity contribution in [2.45, 2.75) is 13.5 Å². The average molecular weight is 277 g/mol. The molecule has 1 heterocycles. The Morgan fingerprint density at radius 2 is 2.10 bits per heavy atom. The molecule has 1 aromatic carbocycles. The van der Waals surface area contributed by atoms with Gasteiger partial charge in [-0.05, 0) is 36.3 Å². The zero-order valence-corrected chi connectivity index (χ0v) is 11.7. The summed E-state index contributed by atoms with van der Waals surface area (Å²) in [5, 5.41) is 11.9. The van der Waals surface area contributed by atoms with Crippen LogP contribution >= 0.6 is 0 Å². The number of aromatic nitrogens is 1. The highest BCUT2D eigenvalue weighted by molar-refractivity contribution is 6.01. The van der Waals surface area contributed by atoms with Gasteiger partial charge in [0.25, 0.3) is 5.91 Å². The molecule has 1 N–H and O–H groups in total. The highest BCUT2D eigenvalue weighted by Crippen LogP contribution is 2.09. The molecule has 104 valence electrons. The Morgan fingerprint density at radius 3 is 2.76 bits per heavy atom. The fraction of sp³-hybridized carbons (Fsp3) is 0.118. The minimum atomic E-state index is -0.379. The van der Waals surface area contributed by atoms with Crippen LogP contribution in [0.25, 0.3) is 6.08 Å². The number of nitrogens with zero attached hydrogens (tertiary/aromatic N) is 2. The molecule has 0 atom stereocenters. The van der Waals surface area contributed by atoms with Gasteiger partial charge >= 0.3 is 0 Å². The van der Waals surface area contributed by atoms with E-state index in [0.717, 1.165) is 16.7 Å². The Bertz CT molecular complexity index is 699. The first-order valence-electron chi connectivity index (χ1n) is 6.54. The van der Waals surface area contributed by atoms with E-state index in [1.54, 1.807) is 18.5 Å². The molecule has 0 unspecified atom stereocenters. The Morgan fingerprint density at radius 1 is 1.33 bits per heavy atom. The second kappa shape index (κ2) is 7.01. The molecule has 4 heteroatoms. The minimum Gasteiger partial charge on any atom is -0.347 e. The second-order valence-corrected chi connectivity index (χ2v) is 4.62. The molecule has 0 bridgehead atoms. The summed E-state index contributed by atoms with van der Waals surface area (Å²) in [5.74, 6) is -0.379. The van der Waals surface area contributed by atoms with Crippen molar-refractivity contribution in [3.8, 4) is 6.07 Å². The Balaban J connectivity index is 2.07. The highest BCUT2D eigenvalue weighted by atomic mass is 16.1. The van der Waals surface area contributed by atoms with Crippen LogP contribution in [0.2, 0.25) is 0 Å². The van der Waals surface area contributed by atoms with Gasteiger partial charge in [0.15, 0.2) is 0 Å². The SMILES string of the molecule is Cc1cccc(/C=C(\C#N)C(=O)NCc2ccncc2)c1. The van der Waals surface area contributed by atoms with Crippen molar-refractivity contribution in [2.24, 2.45) is 0 Å². The van der Waals surface area contributed by atoms with Crippen LogP contribution < -0.4 is 5.32 Å². The first kappa shape index (κ1) is 14.5. The van der Waals surface area contributed by atoms with Crippen molar-refractivity contribution in [3.05, 3.63) is 71.1 Å². The number of carbonyl (C=O) groups excluding carboxylic acids is 1. The van der Waals surface area contributed by atoms with Gasteiger partial charge in [-0.15, -0.1) is 0 Å². The molecule has 0 radical (unpaired) electrons. The second-order valence-electron chi connectivity index (χ2n) is 4.62. The van der Waals surface area contributed by atoms with E-state index in [4.69, 9.17) is 5.26 Å². The maximum atomic E-state index is 12.0. The van der Waals surface area contributed by atoms with Gasteiger partial charge in [0, 0.05) is 18.9 Å². The van der Waals surface area contributed by atoms with Gasteiger partial charge in [-0.3, -0.25) is 9.78 Å². The number of pyridine rings is 1. The van der Waals surface area contributed by atoms with Crippen LogP contribution in [0.1, 0.15) is 16.7 Å². The van der Waals surface area contributed by atoms with Crippen molar-refractivity contribution in [1.82, 2.24) is 10.3 Å². The Kier molecular flexibility index (Phi) is 4.84. The lowest BCUT2D eigenvalue weighted by Gasteiger charge is -2.04. The number of amides is 1. The maximum Gasteiger partial charge on any atom is 0.262 e. The van der Waals surface area contributed by atoms with Gasteiger partial charge in [-0.1, -0.05) is 29.8 Å². The van der Waals surface area contributed by atoms with E-state index >= 15 is 0 Å². The van der Waals surface area contributed by atoms with E-state index in [2.05, 4.69) is 10.3 Å². The molecule has 21 heavy (non-hydrogen) atoms. The standard InChI is InChI=1S/C17H15N3O/c1-13-3-2-4-15(9-13)10-16(11-18)17(21)20-12-14-5-7-19-8-6-14/h2-10H,12H2,1H3,(H,20,21)/b16-10+. The predicted octanol–water partition coefficient (Wildman–Crippen LogP) is 2.61. The zero-order chi connectivity index (χ0) is 15.1. The summed E-state index contributed by atoms with van der Waals surface area (Å²) in [6.07, 6.45) is 4.92. The maximum absolute atomic E-state index is 12.0. The van der Waals surface area contributed by atoms with Gasteiger partial charge in [0.1, 0.15) is 11.6 Å².